The highest BCUT2D eigenvalue weighted by molar-refractivity contribution is 9.10. The summed E-state index contributed by atoms with van der Waals surface area (Å²) in [7, 11) is 0. The maximum atomic E-state index is 12.7. The maximum absolute atomic E-state index is 12.7. The highest BCUT2D eigenvalue weighted by Gasteiger charge is 2.27. The van der Waals surface area contributed by atoms with Crippen LogP contribution in [0.3, 0.4) is 0 Å². The van der Waals surface area contributed by atoms with Gasteiger partial charge in [-0.15, -0.1) is 5.10 Å². The van der Waals surface area contributed by atoms with Crippen molar-refractivity contribution < 1.29 is 14.7 Å². The predicted molar refractivity (Wildman–Crippen MR) is 118 cm³/mol. The van der Waals surface area contributed by atoms with Crippen LogP contribution in [0.1, 0.15) is 27.2 Å². The first-order valence-corrected chi connectivity index (χ1v) is 10.3. The molecule has 0 fully saturated rings. The molecule has 3 heterocycles. The largest absolute Gasteiger partial charge is 0.389 e. The lowest BCUT2D eigenvalue weighted by Crippen LogP contribution is -2.35. The van der Waals surface area contributed by atoms with Gasteiger partial charge in [0.2, 0.25) is 0 Å². The van der Waals surface area contributed by atoms with Gasteiger partial charge in [-0.1, -0.05) is 21.1 Å². The van der Waals surface area contributed by atoms with Crippen molar-refractivity contribution in [2.75, 3.05) is 11.9 Å². The fourth-order valence-corrected chi connectivity index (χ4v) is 3.80. The molecule has 0 aliphatic carbocycles. The molecule has 1 aromatic carbocycles. The molecular formula is C20H20BrN7O3. The Kier molecular flexibility index (Phi) is 5.70. The van der Waals surface area contributed by atoms with Gasteiger partial charge in [0.15, 0.2) is 0 Å². The number of aliphatic hydroxyl groups is 1. The van der Waals surface area contributed by atoms with Crippen LogP contribution >= 0.6 is 15.9 Å². The van der Waals surface area contributed by atoms with Crippen molar-refractivity contribution in [1.29, 1.82) is 0 Å². The summed E-state index contributed by atoms with van der Waals surface area (Å²) in [5.74, 6) is -0.208. The molecule has 1 atom stereocenters. The number of benzene rings is 1. The van der Waals surface area contributed by atoms with Gasteiger partial charge in [-0.25, -0.2) is 9.67 Å². The maximum Gasteiger partial charge on any atom is 0.275 e. The number of hydrogen-bond donors (Lipinski definition) is 4. The molecule has 0 saturated heterocycles. The van der Waals surface area contributed by atoms with Gasteiger partial charge in [0.25, 0.3) is 11.8 Å². The Labute approximate surface area is 185 Å². The molecular weight excluding hydrogens is 466 g/mol. The van der Waals surface area contributed by atoms with E-state index < -0.39 is 6.10 Å². The standard InChI is InChI=1S/C20H20BrN7O3/c1-10-16(19(30)22-8-13(29)9-28-6-5-23-27-28)11(2)24-18(10)26-17-14-7-12(21)3-4-15(14)25-20(17)31/h3-7,13,24,29H,8-9H2,1-2H3,(H,22,30)(H,25,26,31). The average Bonchev–Trinajstić information content (AvgIpc) is 3.40. The Balaban J connectivity index is 1.53. The van der Waals surface area contributed by atoms with Crippen molar-refractivity contribution in [3.05, 3.63) is 57.4 Å². The molecule has 0 saturated carbocycles. The molecule has 1 aliphatic heterocycles. The zero-order valence-corrected chi connectivity index (χ0v) is 18.4. The fraction of sp³-hybridized carbons (Fsp3) is 0.250. The molecule has 11 heteroatoms. The zero-order chi connectivity index (χ0) is 22.1. The van der Waals surface area contributed by atoms with Crippen LogP contribution in [-0.2, 0) is 11.3 Å². The minimum Gasteiger partial charge on any atom is -0.389 e. The van der Waals surface area contributed by atoms with Gasteiger partial charge in [-0.2, -0.15) is 0 Å². The number of hydrogen-bond acceptors (Lipinski definition) is 6. The average molecular weight is 486 g/mol. The second-order valence-electron chi connectivity index (χ2n) is 7.19. The number of aromatic nitrogens is 4. The molecule has 1 aliphatic rings. The number of H-pyrrole nitrogens is 1. The van der Waals surface area contributed by atoms with Crippen molar-refractivity contribution in [3.8, 4) is 0 Å². The molecule has 10 nitrogen and oxygen atoms in total. The van der Waals surface area contributed by atoms with Crippen LogP contribution in [0, 0.1) is 13.8 Å². The van der Waals surface area contributed by atoms with Crippen LogP contribution in [0.5, 0.6) is 0 Å². The van der Waals surface area contributed by atoms with Crippen molar-refractivity contribution in [2.45, 2.75) is 26.5 Å². The summed E-state index contributed by atoms with van der Waals surface area (Å²) >= 11 is 3.41. The van der Waals surface area contributed by atoms with E-state index in [0.717, 1.165) is 4.47 Å². The van der Waals surface area contributed by atoms with E-state index in [4.69, 9.17) is 0 Å². The van der Waals surface area contributed by atoms with Crippen LogP contribution < -0.4 is 10.6 Å². The van der Waals surface area contributed by atoms with E-state index in [-0.39, 0.29) is 30.6 Å². The van der Waals surface area contributed by atoms with Gasteiger partial charge in [-0.05, 0) is 32.0 Å². The van der Waals surface area contributed by atoms with Crippen molar-refractivity contribution >= 4 is 45.0 Å². The molecule has 4 N–H and O–H groups in total. The first-order chi connectivity index (χ1) is 14.8. The Hall–Kier alpha value is -3.31. The van der Waals surface area contributed by atoms with Gasteiger partial charge < -0.3 is 20.7 Å². The third kappa shape index (κ3) is 4.28. The first kappa shape index (κ1) is 20.9. The molecule has 31 heavy (non-hydrogen) atoms. The van der Waals surface area contributed by atoms with Crippen LogP contribution in [0.25, 0.3) is 0 Å². The SMILES string of the molecule is Cc1[nH]c(N=C2C(=O)Nc3ccc(Br)cc32)c(C)c1C(=O)NCC(O)Cn1ccnn1. The van der Waals surface area contributed by atoms with E-state index in [9.17, 15) is 14.7 Å². The molecule has 0 bridgehead atoms. The number of aliphatic hydroxyl groups excluding tert-OH is 1. The minimum atomic E-state index is -0.818. The van der Waals surface area contributed by atoms with Crippen LogP contribution in [0.4, 0.5) is 11.5 Å². The van der Waals surface area contributed by atoms with Crippen molar-refractivity contribution in [1.82, 2.24) is 25.3 Å². The summed E-state index contributed by atoms with van der Waals surface area (Å²) in [6.45, 7) is 3.79. The number of fused-ring (bicyclic) bond motifs is 1. The molecule has 2 aromatic heterocycles. The lowest BCUT2D eigenvalue weighted by molar-refractivity contribution is -0.110. The summed E-state index contributed by atoms with van der Waals surface area (Å²) in [6.07, 6.45) is 2.33. The van der Waals surface area contributed by atoms with Crippen LogP contribution in [0.2, 0.25) is 0 Å². The van der Waals surface area contributed by atoms with Crippen molar-refractivity contribution in [2.24, 2.45) is 4.99 Å². The number of halogens is 1. The fourth-order valence-electron chi connectivity index (χ4n) is 3.44. The summed E-state index contributed by atoms with van der Waals surface area (Å²) in [4.78, 5) is 32.7. The predicted octanol–water partition coefficient (Wildman–Crippen LogP) is 1.85. The van der Waals surface area contributed by atoms with E-state index in [1.165, 1.54) is 10.9 Å². The number of carbonyl (C=O) groups excluding carboxylic acids is 2. The normalized spacial score (nSPS) is 15.1. The summed E-state index contributed by atoms with van der Waals surface area (Å²) in [5.41, 5.74) is 3.31. The van der Waals surface area contributed by atoms with Crippen LogP contribution in [0.15, 0.2) is 40.1 Å². The van der Waals surface area contributed by atoms with E-state index in [0.29, 0.717) is 33.9 Å². The van der Waals surface area contributed by atoms with Gasteiger partial charge in [0, 0.05) is 34.0 Å². The summed E-state index contributed by atoms with van der Waals surface area (Å²) in [6, 6.07) is 5.46. The smallest absolute Gasteiger partial charge is 0.275 e. The van der Waals surface area contributed by atoms with E-state index in [2.05, 4.69) is 46.9 Å². The molecule has 160 valence electrons. The quantitative estimate of drug-likeness (QED) is 0.422. The van der Waals surface area contributed by atoms with Gasteiger partial charge >= 0.3 is 0 Å². The molecule has 3 aromatic rings. The topological polar surface area (TPSA) is 137 Å². The van der Waals surface area contributed by atoms with E-state index >= 15 is 0 Å². The molecule has 1 unspecified atom stereocenters. The van der Waals surface area contributed by atoms with Gasteiger partial charge in [0.1, 0.15) is 11.5 Å². The number of nitrogens with one attached hydrogen (secondary N) is 3. The number of carbonyl (C=O) groups is 2. The monoisotopic (exact) mass is 485 g/mol. The first-order valence-electron chi connectivity index (χ1n) is 9.53. The zero-order valence-electron chi connectivity index (χ0n) is 16.8. The molecule has 2 amide bonds. The third-order valence-electron chi connectivity index (χ3n) is 4.93. The van der Waals surface area contributed by atoms with Gasteiger partial charge in [0.05, 0.1) is 30.1 Å². The number of aromatic amines is 1. The Morgan fingerprint density at radius 3 is 2.94 bits per heavy atom. The van der Waals surface area contributed by atoms with E-state index in [1.807, 2.05) is 12.1 Å². The highest BCUT2D eigenvalue weighted by Crippen LogP contribution is 2.30. The highest BCUT2D eigenvalue weighted by atomic mass is 79.9. The summed E-state index contributed by atoms with van der Waals surface area (Å²) in [5, 5.41) is 23.1. The van der Waals surface area contributed by atoms with E-state index in [1.54, 1.807) is 26.1 Å². The second-order valence-corrected chi connectivity index (χ2v) is 8.11. The number of anilines is 1. The number of aliphatic imine (C=N–C) groups is 1. The number of amides is 2. The number of nitrogens with zero attached hydrogens (tertiary/aromatic N) is 4. The molecule has 4 rings (SSSR count). The second kappa shape index (κ2) is 8.44. The van der Waals surface area contributed by atoms with Crippen molar-refractivity contribution in [3.63, 3.8) is 0 Å². The lowest BCUT2D eigenvalue weighted by Gasteiger charge is -2.12. The minimum absolute atomic E-state index is 0.0520. The number of aryl methyl sites for hydroxylation is 1. The Bertz CT molecular complexity index is 1180. The van der Waals surface area contributed by atoms with Crippen LogP contribution in [-0.4, -0.2) is 55.3 Å². The Morgan fingerprint density at radius 1 is 1.39 bits per heavy atom. The Morgan fingerprint density at radius 2 is 2.19 bits per heavy atom. The lowest BCUT2D eigenvalue weighted by atomic mass is 10.1. The molecule has 0 spiro atoms. The molecule has 0 radical (unpaired) electrons. The number of rotatable bonds is 6. The third-order valence-corrected chi connectivity index (χ3v) is 5.42. The van der Waals surface area contributed by atoms with Gasteiger partial charge in [-0.3, -0.25) is 9.59 Å². The summed E-state index contributed by atoms with van der Waals surface area (Å²) < 4.78 is 2.32.